The summed E-state index contributed by atoms with van der Waals surface area (Å²) in [5.74, 6) is -0.583. The minimum Gasteiger partial charge on any atom is -0.492 e. The Hall–Kier alpha value is -2.63. The number of para-hydroxylation sites is 1. The predicted octanol–water partition coefficient (Wildman–Crippen LogP) is 2.88. The van der Waals surface area contributed by atoms with Crippen molar-refractivity contribution in [2.45, 2.75) is 0 Å². The standard InChI is InChI=1S/C17H17F2NO3/c1-20(10-11-22-14-8-6-13(18)7-9-14)17(21)12-23-16-5-3-2-4-15(16)19/h2-9H,10-12H2,1H3. The van der Waals surface area contributed by atoms with Crippen LogP contribution in [0, 0.1) is 11.6 Å². The number of nitrogens with zero attached hydrogens (tertiary/aromatic N) is 1. The van der Waals surface area contributed by atoms with Crippen LogP contribution < -0.4 is 9.47 Å². The maximum absolute atomic E-state index is 13.4. The van der Waals surface area contributed by atoms with E-state index in [0.717, 1.165) is 0 Å². The largest absolute Gasteiger partial charge is 0.492 e. The van der Waals surface area contributed by atoms with Crippen LogP contribution in [0.4, 0.5) is 8.78 Å². The molecular formula is C17H17F2NO3. The molecular weight excluding hydrogens is 304 g/mol. The smallest absolute Gasteiger partial charge is 0.260 e. The number of halogens is 2. The lowest BCUT2D eigenvalue weighted by molar-refractivity contribution is -0.132. The summed E-state index contributed by atoms with van der Waals surface area (Å²) >= 11 is 0. The van der Waals surface area contributed by atoms with E-state index in [1.807, 2.05) is 0 Å². The molecule has 0 saturated heterocycles. The highest BCUT2D eigenvalue weighted by atomic mass is 19.1. The number of hydrogen-bond acceptors (Lipinski definition) is 3. The first-order chi connectivity index (χ1) is 11.1. The van der Waals surface area contributed by atoms with E-state index in [-0.39, 0.29) is 30.7 Å². The monoisotopic (exact) mass is 321 g/mol. The highest BCUT2D eigenvalue weighted by molar-refractivity contribution is 5.77. The Morgan fingerprint density at radius 3 is 2.43 bits per heavy atom. The van der Waals surface area contributed by atoms with Crippen molar-refractivity contribution in [2.24, 2.45) is 0 Å². The summed E-state index contributed by atoms with van der Waals surface area (Å²) in [6.07, 6.45) is 0. The van der Waals surface area contributed by atoms with Crippen molar-refractivity contribution in [1.29, 1.82) is 0 Å². The summed E-state index contributed by atoms with van der Waals surface area (Å²) < 4.78 is 36.7. The van der Waals surface area contributed by atoms with Crippen LogP contribution in [0.15, 0.2) is 48.5 Å². The fourth-order valence-electron chi connectivity index (χ4n) is 1.77. The van der Waals surface area contributed by atoms with E-state index in [4.69, 9.17) is 9.47 Å². The van der Waals surface area contributed by atoms with Gasteiger partial charge in [-0.2, -0.15) is 0 Å². The van der Waals surface area contributed by atoms with Crippen LogP contribution in [0.5, 0.6) is 11.5 Å². The quantitative estimate of drug-likeness (QED) is 0.787. The van der Waals surface area contributed by atoms with E-state index in [0.29, 0.717) is 12.3 Å². The van der Waals surface area contributed by atoms with Gasteiger partial charge in [0.1, 0.15) is 18.2 Å². The SMILES string of the molecule is CN(CCOc1ccc(F)cc1)C(=O)COc1ccccc1F. The minimum atomic E-state index is -0.511. The van der Waals surface area contributed by atoms with E-state index in [9.17, 15) is 13.6 Å². The molecule has 0 aliphatic heterocycles. The lowest BCUT2D eigenvalue weighted by Gasteiger charge is -2.18. The number of likely N-dealkylation sites (N-methyl/N-ethyl adjacent to an activating group) is 1. The summed E-state index contributed by atoms with van der Waals surface area (Å²) in [4.78, 5) is 13.3. The Bertz CT molecular complexity index is 647. The van der Waals surface area contributed by atoms with Gasteiger partial charge in [-0.3, -0.25) is 4.79 Å². The fraction of sp³-hybridized carbons (Fsp3) is 0.235. The molecule has 0 aliphatic rings. The number of benzene rings is 2. The third-order valence-electron chi connectivity index (χ3n) is 3.12. The molecule has 23 heavy (non-hydrogen) atoms. The molecule has 0 radical (unpaired) electrons. The van der Waals surface area contributed by atoms with Gasteiger partial charge < -0.3 is 14.4 Å². The van der Waals surface area contributed by atoms with Gasteiger partial charge in [-0.1, -0.05) is 12.1 Å². The molecule has 2 aromatic rings. The van der Waals surface area contributed by atoms with Crippen LogP contribution in [0.1, 0.15) is 0 Å². The van der Waals surface area contributed by atoms with E-state index >= 15 is 0 Å². The highest BCUT2D eigenvalue weighted by Gasteiger charge is 2.11. The Morgan fingerprint density at radius 1 is 1.04 bits per heavy atom. The number of amides is 1. The molecule has 6 heteroatoms. The molecule has 0 heterocycles. The molecule has 122 valence electrons. The number of carbonyl (C=O) groups excluding carboxylic acids is 1. The second-order valence-electron chi connectivity index (χ2n) is 4.84. The van der Waals surface area contributed by atoms with Gasteiger partial charge in [-0.05, 0) is 36.4 Å². The van der Waals surface area contributed by atoms with Gasteiger partial charge in [0, 0.05) is 7.05 Å². The number of hydrogen-bond donors (Lipinski definition) is 0. The molecule has 0 atom stereocenters. The molecule has 1 amide bonds. The molecule has 0 fully saturated rings. The fourth-order valence-corrected chi connectivity index (χ4v) is 1.77. The van der Waals surface area contributed by atoms with Crippen LogP contribution in [0.2, 0.25) is 0 Å². The Morgan fingerprint density at radius 2 is 1.74 bits per heavy atom. The first kappa shape index (κ1) is 16.7. The minimum absolute atomic E-state index is 0.0387. The molecule has 0 unspecified atom stereocenters. The molecule has 2 rings (SSSR count). The summed E-state index contributed by atoms with van der Waals surface area (Å²) in [5, 5.41) is 0. The van der Waals surface area contributed by atoms with Gasteiger partial charge in [0.25, 0.3) is 5.91 Å². The van der Waals surface area contributed by atoms with Crippen molar-refractivity contribution in [1.82, 2.24) is 4.90 Å². The van der Waals surface area contributed by atoms with Crippen LogP contribution in [-0.4, -0.2) is 37.6 Å². The first-order valence-electron chi connectivity index (χ1n) is 7.06. The molecule has 0 spiro atoms. The Kier molecular flexibility index (Phi) is 5.91. The summed E-state index contributed by atoms with van der Waals surface area (Å²) in [7, 11) is 1.60. The molecule has 0 saturated carbocycles. The van der Waals surface area contributed by atoms with Crippen LogP contribution in [0.25, 0.3) is 0 Å². The third kappa shape index (κ3) is 5.25. The van der Waals surface area contributed by atoms with Gasteiger partial charge in [-0.25, -0.2) is 8.78 Å². The lowest BCUT2D eigenvalue weighted by Crippen LogP contribution is -2.34. The van der Waals surface area contributed by atoms with Gasteiger partial charge in [-0.15, -0.1) is 0 Å². The van der Waals surface area contributed by atoms with Crippen LogP contribution in [0.3, 0.4) is 0 Å². The molecule has 0 bridgehead atoms. The number of ether oxygens (including phenoxy) is 2. The Labute approximate surface area is 133 Å². The maximum atomic E-state index is 13.4. The average molecular weight is 321 g/mol. The molecule has 0 N–H and O–H groups in total. The zero-order valence-electron chi connectivity index (χ0n) is 12.7. The molecule has 0 aromatic heterocycles. The van der Waals surface area contributed by atoms with E-state index in [2.05, 4.69) is 0 Å². The lowest BCUT2D eigenvalue weighted by atomic mass is 10.3. The molecule has 0 aliphatic carbocycles. The topological polar surface area (TPSA) is 38.8 Å². The van der Waals surface area contributed by atoms with Crippen molar-refractivity contribution in [3.8, 4) is 11.5 Å². The molecule has 4 nitrogen and oxygen atoms in total. The highest BCUT2D eigenvalue weighted by Crippen LogP contribution is 2.15. The number of carbonyl (C=O) groups is 1. The van der Waals surface area contributed by atoms with E-state index in [1.54, 1.807) is 19.2 Å². The predicted molar refractivity (Wildman–Crippen MR) is 81.4 cm³/mol. The van der Waals surface area contributed by atoms with E-state index in [1.165, 1.54) is 41.3 Å². The van der Waals surface area contributed by atoms with Gasteiger partial charge in [0.05, 0.1) is 6.54 Å². The zero-order valence-corrected chi connectivity index (χ0v) is 12.7. The first-order valence-corrected chi connectivity index (χ1v) is 7.06. The van der Waals surface area contributed by atoms with E-state index < -0.39 is 5.82 Å². The maximum Gasteiger partial charge on any atom is 0.260 e. The third-order valence-corrected chi connectivity index (χ3v) is 3.12. The number of rotatable bonds is 7. The average Bonchev–Trinajstić information content (AvgIpc) is 2.55. The van der Waals surface area contributed by atoms with Crippen molar-refractivity contribution in [3.63, 3.8) is 0 Å². The van der Waals surface area contributed by atoms with Crippen LogP contribution in [-0.2, 0) is 4.79 Å². The van der Waals surface area contributed by atoms with Gasteiger partial charge >= 0.3 is 0 Å². The summed E-state index contributed by atoms with van der Waals surface area (Å²) in [6.45, 7) is 0.332. The second kappa shape index (κ2) is 8.12. The normalized spacial score (nSPS) is 10.2. The van der Waals surface area contributed by atoms with Gasteiger partial charge in [0.2, 0.25) is 0 Å². The second-order valence-corrected chi connectivity index (χ2v) is 4.84. The van der Waals surface area contributed by atoms with Crippen molar-refractivity contribution in [3.05, 3.63) is 60.2 Å². The summed E-state index contributed by atoms with van der Waals surface area (Å²) in [6, 6.07) is 11.5. The van der Waals surface area contributed by atoms with Crippen LogP contribution >= 0.6 is 0 Å². The van der Waals surface area contributed by atoms with Gasteiger partial charge in [0.15, 0.2) is 18.2 Å². The van der Waals surface area contributed by atoms with Crippen molar-refractivity contribution < 1.29 is 23.0 Å². The Balaban J connectivity index is 1.72. The van der Waals surface area contributed by atoms with Crippen molar-refractivity contribution in [2.75, 3.05) is 26.8 Å². The van der Waals surface area contributed by atoms with Crippen molar-refractivity contribution >= 4 is 5.91 Å². The zero-order chi connectivity index (χ0) is 16.7. The molecule has 2 aromatic carbocycles. The summed E-state index contributed by atoms with van der Waals surface area (Å²) in [5.41, 5.74) is 0.